The number of nitrogens with two attached hydrogens (primary N) is 1. The van der Waals surface area contributed by atoms with Crippen LogP contribution >= 0.6 is 0 Å². The maximum Gasteiger partial charge on any atom is 0.242 e. The summed E-state index contributed by atoms with van der Waals surface area (Å²) in [4.78, 5) is 4.34. The van der Waals surface area contributed by atoms with Crippen molar-refractivity contribution < 1.29 is 19.0 Å². The van der Waals surface area contributed by atoms with Gasteiger partial charge in [0.1, 0.15) is 22.8 Å². The molecule has 1 aromatic heterocycles. The Morgan fingerprint density at radius 3 is 2.25 bits per heavy atom. The van der Waals surface area contributed by atoms with Gasteiger partial charge in [-0.15, -0.1) is 0 Å². The summed E-state index contributed by atoms with van der Waals surface area (Å²) in [5, 5.41) is 18.7. The highest BCUT2D eigenvalue weighted by atomic mass is 19.2. The highest BCUT2D eigenvalue weighted by Crippen LogP contribution is 2.48. The van der Waals surface area contributed by atoms with Gasteiger partial charge in [-0.25, -0.2) is 0 Å². The first-order valence-electron chi connectivity index (χ1n) is 9.04. The molecule has 0 bridgehead atoms. The number of aliphatic hydroxyl groups is 1. The summed E-state index contributed by atoms with van der Waals surface area (Å²) in [5.41, 5.74) is 4.98. The summed E-state index contributed by atoms with van der Waals surface area (Å²) in [6.07, 6.45) is 5.53. The number of hydrogen-bond donors (Lipinski definition) is 3. The third kappa shape index (κ3) is 4.31. The number of halogens is 1. The largest absolute Gasteiger partial charge is 0.459 e. The summed E-state index contributed by atoms with van der Waals surface area (Å²) < 4.78 is 24.4. The molecule has 0 saturated heterocycles. The maximum atomic E-state index is 13.5. The van der Waals surface area contributed by atoms with Crippen molar-refractivity contribution in [1.82, 2.24) is 4.98 Å². The number of nitrogens with zero attached hydrogens (tertiary/aromatic N) is 1. The minimum absolute atomic E-state index is 0.00420. The first kappa shape index (κ1) is 19.8. The Labute approximate surface area is 163 Å². The molecular weight excluding hydrogens is 361 g/mol. The van der Waals surface area contributed by atoms with Crippen LogP contribution < -0.4 is 15.2 Å². The van der Waals surface area contributed by atoms with E-state index in [0.717, 1.165) is 19.1 Å². The highest BCUT2D eigenvalue weighted by molar-refractivity contribution is 5.79. The van der Waals surface area contributed by atoms with Gasteiger partial charge in [-0.3, -0.25) is 4.98 Å². The molecule has 0 aliphatic heterocycles. The highest BCUT2D eigenvalue weighted by Gasteiger charge is 2.48. The van der Waals surface area contributed by atoms with Gasteiger partial charge in [0, 0.05) is 31.8 Å². The van der Waals surface area contributed by atoms with Gasteiger partial charge in [0.2, 0.25) is 5.85 Å². The number of alkyl halides is 1. The molecular formula is C21H24FN3O3. The molecule has 1 atom stereocenters. The van der Waals surface area contributed by atoms with Crippen molar-refractivity contribution in [1.29, 1.82) is 5.41 Å². The van der Waals surface area contributed by atoms with Crippen LogP contribution in [0.1, 0.15) is 32.4 Å². The van der Waals surface area contributed by atoms with Gasteiger partial charge in [0.05, 0.1) is 11.9 Å². The Balaban J connectivity index is 1.75. The van der Waals surface area contributed by atoms with Gasteiger partial charge in [0.15, 0.2) is 0 Å². The molecule has 7 heteroatoms. The fraction of sp³-hybridized carbons (Fsp3) is 0.333. The second-order valence-corrected chi connectivity index (χ2v) is 7.23. The van der Waals surface area contributed by atoms with Crippen molar-refractivity contribution in [3.05, 3.63) is 60.1 Å². The zero-order chi connectivity index (χ0) is 20.4. The summed E-state index contributed by atoms with van der Waals surface area (Å²) >= 11 is 0. The first-order valence-corrected chi connectivity index (χ1v) is 9.04. The molecule has 1 aliphatic carbocycles. The molecule has 2 aromatic rings. The number of nitrogens with one attached hydrogen (secondary N) is 1. The number of benzene rings is 1. The summed E-state index contributed by atoms with van der Waals surface area (Å²) in [5.74, 6) is -0.341. The number of pyridine rings is 1. The molecule has 1 aliphatic rings. The van der Waals surface area contributed by atoms with Crippen LogP contribution in [0.15, 0.2) is 54.4 Å². The zero-order valence-electron chi connectivity index (χ0n) is 15.9. The Morgan fingerprint density at radius 2 is 1.79 bits per heavy atom. The molecule has 6 nitrogen and oxygen atoms in total. The topological polar surface area (TPSA) is 101 Å². The van der Waals surface area contributed by atoms with Crippen LogP contribution in [-0.2, 0) is 5.60 Å². The second kappa shape index (κ2) is 7.59. The Kier molecular flexibility index (Phi) is 5.38. The lowest BCUT2D eigenvalue weighted by atomic mass is 9.85. The number of hydrogen-bond acceptors (Lipinski definition) is 6. The van der Waals surface area contributed by atoms with Crippen molar-refractivity contribution in [3.63, 3.8) is 0 Å². The first-order chi connectivity index (χ1) is 13.3. The Bertz CT molecular complexity index is 856. The quantitative estimate of drug-likeness (QED) is 0.595. The Hall–Kier alpha value is -2.93. The SMILES string of the molecule is CC(C)(F)Oc1ccc(Oc2ccc(C(O)(/C(C=N)=C/N)C3CC3)nc2)cc1. The van der Waals surface area contributed by atoms with E-state index in [1.165, 1.54) is 26.2 Å². The van der Waals surface area contributed by atoms with E-state index in [2.05, 4.69) is 4.98 Å². The average Bonchev–Trinajstić information content (AvgIpc) is 3.49. The van der Waals surface area contributed by atoms with Gasteiger partial charge >= 0.3 is 0 Å². The van der Waals surface area contributed by atoms with E-state index in [1.54, 1.807) is 36.4 Å². The summed E-state index contributed by atoms with van der Waals surface area (Å²) in [6, 6.07) is 9.94. The van der Waals surface area contributed by atoms with Gasteiger partial charge in [-0.1, -0.05) is 0 Å². The summed E-state index contributed by atoms with van der Waals surface area (Å²) in [6.45, 7) is 2.66. The number of aromatic nitrogens is 1. The predicted molar refractivity (Wildman–Crippen MR) is 104 cm³/mol. The van der Waals surface area contributed by atoms with Crippen molar-refractivity contribution >= 4 is 6.21 Å². The smallest absolute Gasteiger partial charge is 0.242 e. The van der Waals surface area contributed by atoms with E-state index < -0.39 is 11.5 Å². The van der Waals surface area contributed by atoms with Crippen molar-refractivity contribution in [2.45, 2.75) is 38.1 Å². The molecule has 1 aromatic carbocycles. The van der Waals surface area contributed by atoms with Gasteiger partial charge in [-0.2, -0.15) is 4.39 Å². The number of rotatable bonds is 8. The fourth-order valence-corrected chi connectivity index (χ4v) is 3.04. The van der Waals surface area contributed by atoms with E-state index in [4.69, 9.17) is 20.6 Å². The van der Waals surface area contributed by atoms with Crippen LogP contribution in [-0.4, -0.2) is 22.2 Å². The van der Waals surface area contributed by atoms with Crippen molar-refractivity contribution in [2.75, 3.05) is 0 Å². The lowest BCUT2D eigenvalue weighted by Gasteiger charge is -2.28. The van der Waals surface area contributed by atoms with Crippen molar-refractivity contribution in [3.8, 4) is 17.2 Å². The van der Waals surface area contributed by atoms with Crippen LogP contribution in [0.2, 0.25) is 0 Å². The third-order valence-electron chi connectivity index (χ3n) is 4.49. The normalized spacial score (nSPS) is 16.9. The second-order valence-electron chi connectivity index (χ2n) is 7.23. The van der Waals surface area contributed by atoms with Crippen LogP contribution in [0.3, 0.4) is 0 Å². The molecule has 148 valence electrons. The van der Waals surface area contributed by atoms with E-state index in [1.807, 2.05) is 0 Å². The van der Waals surface area contributed by atoms with Crippen LogP contribution in [0.5, 0.6) is 17.2 Å². The minimum atomic E-state index is -1.76. The molecule has 1 heterocycles. The van der Waals surface area contributed by atoms with Crippen LogP contribution in [0.25, 0.3) is 0 Å². The van der Waals surface area contributed by atoms with E-state index >= 15 is 0 Å². The average molecular weight is 385 g/mol. The van der Waals surface area contributed by atoms with Crippen molar-refractivity contribution in [2.24, 2.45) is 11.7 Å². The third-order valence-corrected chi connectivity index (χ3v) is 4.49. The molecule has 1 unspecified atom stereocenters. The summed E-state index contributed by atoms with van der Waals surface area (Å²) in [7, 11) is 0. The molecule has 0 radical (unpaired) electrons. The van der Waals surface area contributed by atoms with Gasteiger partial charge < -0.3 is 25.7 Å². The van der Waals surface area contributed by atoms with Gasteiger partial charge in [0.25, 0.3) is 0 Å². The van der Waals surface area contributed by atoms with Crippen LogP contribution in [0.4, 0.5) is 4.39 Å². The maximum absolute atomic E-state index is 13.5. The molecule has 4 N–H and O–H groups in total. The number of ether oxygens (including phenoxy) is 2. The molecule has 3 rings (SSSR count). The molecule has 1 fully saturated rings. The molecule has 28 heavy (non-hydrogen) atoms. The molecule has 1 saturated carbocycles. The van der Waals surface area contributed by atoms with Crippen LogP contribution in [0, 0.1) is 11.3 Å². The van der Waals surface area contributed by atoms with E-state index in [-0.39, 0.29) is 5.92 Å². The standard InChI is InChI=1S/C21H24FN3O3/c1-20(2,22)28-17-7-5-16(6-8-17)27-18-9-10-19(25-13-18)21(26,14-3-4-14)15(11-23)12-24/h5-14,23,26H,3-4,24H2,1-2H3/b15-12+,23-11?. The molecule has 0 spiro atoms. The Morgan fingerprint density at radius 1 is 1.18 bits per heavy atom. The van der Waals surface area contributed by atoms with E-state index in [0.29, 0.717) is 28.5 Å². The lowest BCUT2D eigenvalue weighted by Crippen LogP contribution is -2.33. The van der Waals surface area contributed by atoms with E-state index in [9.17, 15) is 9.50 Å². The molecule has 0 amide bonds. The predicted octanol–water partition coefficient (Wildman–Crippen LogP) is 4.05. The minimum Gasteiger partial charge on any atom is -0.459 e. The monoisotopic (exact) mass is 385 g/mol. The van der Waals surface area contributed by atoms with Gasteiger partial charge in [-0.05, 0) is 55.2 Å². The lowest BCUT2D eigenvalue weighted by molar-refractivity contribution is -0.0257. The fourth-order valence-electron chi connectivity index (χ4n) is 3.04. The zero-order valence-corrected chi connectivity index (χ0v) is 15.9.